The Morgan fingerprint density at radius 1 is 1.04 bits per heavy atom. The van der Waals surface area contributed by atoms with Crippen LogP contribution in [0.1, 0.15) is 23.1 Å². The van der Waals surface area contributed by atoms with Crippen molar-refractivity contribution in [3.8, 4) is 0 Å². The topological polar surface area (TPSA) is 69.7 Å². The van der Waals surface area contributed by atoms with E-state index in [9.17, 15) is 13.2 Å². The van der Waals surface area contributed by atoms with Crippen LogP contribution in [0.2, 0.25) is 0 Å². The summed E-state index contributed by atoms with van der Waals surface area (Å²) in [4.78, 5) is 12.4. The first kappa shape index (κ1) is 19.5. The average Bonchev–Trinajstić information content (AvgIpc) is 2.62. The van der Waals surface area contributed by atoms with Crippen LogP contribution in [0.4, 0.5) is 5.69 Å². The standard InChI is InChI=1S/C20H25N3O3S/c1-16-9-10-19(17(2)13-16)21-20(24)15-23-12-6-11-22(27(23,25)26)14-18-7-4-3-5-8-18/h3-5,7-10,13H,6,11-12,14-15H2,1-2H3,(H,21,24). The molecule has 1 aliphatic heterocycles. The highest BCUT2D eigenvalue weighted by Crippen LogP contribution is 2.20. The minimum absolute atomic E-state index is 0.180. The monoisotopic (exact) mass is 387 g/mol. The van der Waals surface area contributed by atoms with E-state index >= 15 is 0 Å². The second-order valence-corrected chi connectivity index (χ2v) is 8.81. The molecule has 1 amide bonds. The Morgan fingerprint density at radius 2 is 1.74 bits per heavy atom. The van der Waals surface area contributed by atoms with Gasteiger partial charge in [-0.3, -0.25) is 4.79 Å². The van der Waals surface area contributed by atoms with Crippen molar-refractivity contribution >= 4 is 21.8 Å². The van der Waals surface area contributed by atoms with Crippen molar-refractivity contribution in [2.24, 2.45) is 0 Å². The number of amides is 1. The number of rotatable bonds is 5. The molecule has 0 aliphatic carbocycles. The first-order valence-corrected chi connectivity index (χ1v) is 10.4. The molecule has 2 aromatic rings. The molecule has 0 radical (unpaired) electrons. The molecule has 7 heteroatoms. The van der Waals surface area contributed by atoms with E-state index in [1.165, 1.54) is 8.61 Å². The van der Waals surface area contributed by atoms with Crippen LogP contribution in [-0.4, -0.2) is 42.6 Å². The summed E-state index contributed by atoms with van der Waals surface area (Å²) >= 11 is 0. The molecular formula is C20H25N3O3S. The SMILES string of the molecule is Cc1ccc(NC(=O)CN2CCCN(Cc3ccccc3)S2(=O)=O)c(C)c1. The maximum absolute atomic E-state index is 12.9. The van der Waals surface area contributed by atoms with Crippen LogP contribution in [0, 0.1) is 13.8 Å². The summed E-state index contributed by atoms with van der Waals surface area (Å²) in [6.45, 7) is 4.86. The van der Waals surface area contributed by atoms with Crippen LogP contribution in [0.25, 0.3) is 0 Å². The number of carbonyl (C=O) groups excluding carboxylic acids is 1. The van der Waals surface area contributed by atoms with E-state index in [-0.39, 0.29) is 12.5 Å². The highest BCUT2D eigenvalue weighted by molar-refractivity contribution is 7.86. The van der Waals surface area contributed by atoms with Crippen molar-refractivity contribution in [3.05, 3.63) is 65.2 Å². The Bertz CT molecular complexity index is 913. The molecule has 0 aromatic heterocycles. The fraction of sp³-hybridized carbons (Fsp3) is 0.350. The summed E-state index contributed by atoms with van der Waals surface area (Å²) in [5.74, 6) is -0.327. The van der Waals surface area contributed by atoms with E-state index in [2.05, 4.69) is 5.32 Å². The fourth-order valence-corrected chi connectivity index (χ4v) is 4.87. The highest BCUT2D eigenvalue weighted by atomic mass is 32.2. The van der Waals surface area contributed by atoms with Gasteiger partial charge in [0, 0.05) is 25.3 Å². The van der Waals surface area contributed by atoms with Gasteiger partial charge in [-0.15, -0.1) is 0 Å². The van der Waals surface area contributed by atoms with Crippen LogP contribution >= 0.6 is 0 Å². The maximum Gasteiger partial charge on any atom is 0.282 e. The first-order valence-electron chi connectivity index (χ1n) is 9.02. The van der Waals surface area contributed by atoms with Gasteiger partial charge in [0.05, 0.1) is 6.54 Å². The lowest BCUT2D eigenvalue weighted by Gasteiger charge is -2.34. The zero-order valence-corrected chi connectivity index (χ0v) is 16.5. The normalized spacial score (nSPS) is 17.6. The van der Waals surface area contributed by atoms with Gasteiger partial charge in [0.25, 0.3) is 10.2 Å². The molecule has 3 rings (SSSR count). The van der Waals surface area contributed by atoms with Crippen LogP contribution in [0.3, 0.4) is 0 Å². The van der Waals surface area contributed by atoms with E-state index in [1.807, 2.05) is 62.4 Å². The van der Waals surface area contributed by atoms with Gasteiger partial charge in [-0.25, -0.2) is 0 Å². The van der Waals surface area contributed by atoms with Gasteiger partial charge in [0.2, 0.25) is 5.91 Å². The van der Waals surface area contributed by atoms with E-state index < -0.39 is 10.2 Å². The summed E-state index contributed by atoms with van der Waals surface area (Å²) in [7, 11) is -3.66. The molecule has 1 N–H and O–H groups in total. The average molecular weight is 388 g/mol. The molecule has 1 fully saturated rings. The van der Waals surface area contributed by atoms with Gasteiger partial charge >= 0.3 is 0 Å². The number of hydrogen-bond donors (Lipinski definition) is 1. The van der Waals surface area contributed by atoms with Crippen LogP contribution in [0.15, 0.2) is 48.5 Å². The van der Waals surface area contributed by atoms with Gasteiger partial charge in [-0.1, -0.05) is 48.0 Å². The van der Waals surface area contributed by atoms with E-state index in [1.54, 1.807) is 0 Å². The molecule has 0 spiro atoms. The van der Waals surface area contributed by atoms with Crippen LogP contribution in [0.5, 0.6) is 0 Å². The summed E-state index contributed by atoms with van der Waals surface area (Å²) in [6.07, 6.45) is 0.697. The number of nitrogens with zero attached hydrogens (tertiary/aromatic N) is 2. The third-order valence-corrected chi connectivity index (χ3v) is 6.57. The lowest BCUT2D eigenvalue weighted by Crippen LogP contribution is -2.51. The van der Waals surface area contributed by atoms with Crippen LogP contribution in [-0.2, 0) is 21.5 Å². The summed E-state index contributed by atoms with van der Waals surface area (Å²) in [6, 6.07) is 15.2. The zero-order chi connectivity index (χ0) is 19.4. The minimum Gasteiger partial charge on any atom is -0.325 e. The minimum atomic E-state index is -3.66. The highest BCUT2D eigenvalue weighted by Gasteiger charge is 2.34. The fourth-order valence-electron chi connectivity index (χ4n) is 3.23. The summed E-state index contributed by atoms with van der Waals surface area (Å²) < 4.78 is 28.5. The molecular weight excluding hydrogens is 362 g/mol. The van der Waals surface area contributed by atoms with Gasteiger partial charge in [-0.05, 0) is 37.5 Å². The predicted octanol–water partition coefficient (Wildman–Crippen LogP) is 2.69. The molecule has 0 saturated carbocycles. The number of nitrogens with one attached hydrogen (secondary N) is 1. The molecule has 1 aliphatic rings. The van der Waals surface area contributed by atoms with Crippen molar-refractivity contribution in [2.45, 2.75) is 26.8 Å². The Labute approximate surface area is 161 Å². The predicted molar refractivity (Wildman–Crippen MR) is 107 cm³/mol. The molecule has 0 unspecified atom stereocenters. The Balaban J connectivity index is 1.67. The summed E-state index contributed by atoms with van der Waals surface area (Å²) in [5, 5.41) is 2.82. The molecule has 27 heavy (non-hydrogen) atoms. The van der Waals surface area contributed by atoms with Crippen LogP contribution < -0.4 is 5.32 Å². The number of aryl methyl sites for hydroxylation is 2. The smallest absolute Gasteiger partial charge is 0.282 e. The third kappa shape index (κ3) is 4.74. The lowest BCUT2D eigenvalue weighted by atomic mass is 10.1. The van der Waals surface area contributed by atoms with Crippen molar-refractivity contribution < 1.29 is 13.2 Å². The summed E-state index contributed by atoms with van der Waals surface area (Å²) in [5.41, 5.74) is 3.71. The Morgan fingerprint density at radius 3 is 2.44 bits per heavy atom. The van der Waals surface area contributed by atoms with Crippen molar-refractivity contribution in [2.75, 3.05) is 25.0 Å². The molecule has 144 valence electrons. The van der Waals surface area contributed by atoms with Gasteiger partial charge in [0.15, 0.2) is 0 Å². The molecule has 6 nitrogen and oxygen atoms in total. The van der Waals surface area contributed by atoms with Gasteiger partial charge < -0.3 is 5.32 Å². The second kappa shape index (κ2) is 8.21. The zero-order valence-electron chi connectivity index (χ0n) is 15.7. The molecule has 2 aromatic carbocycles. The number of hydrogen-bond acceptors (Lipinski definition) is 3. The quantitative estimate of drug-likeness (QED) is 0.858. The Kier molecular flexibility index (Phi) is 5.94. The van der Waals surface area contributed by atoms with Crippen molar-refractivity contribution in [3.63, 3.8) is 0 Å². The molecule has 1 saturated heterocycles. The van der Waals surface area contributed by atoms with Crippen molar-refractivity contribution in [1.29, 1.82) is 0 Å². The number of benzene rings is 2. The number of anilines is 1. The van der Waals surface area contributed by atoms with Gasteiger partial charge in [-0.2, -0.15) is 17.0 Å². The van der Waals surface area contributed by atoms with E-state index in [0.717, 1.165) is 16.7 Å². The maximum atomic E-state index is 12.9. The third-order valence-electron chi connectivity index (χ3n) is 4.65. The largest absolute Gasteiger partial charge is 0.325 e. The van der Waals surface area contributed by atoms with Crippen molar-refractivity contribution in [1.82, 2.24) is 8.61 Å². The Hall–Kier alpha value is -2.22. The molecule has 0 atom stereocenters. The molecule has 1 heterocycles. The second-order valence-electron chi connectivity index (χ2n) is 6.88. The van der Waals surface area contributed by atoms with Gasteiger partial charge in [0.1, 0.15) is 0 Å². The van der Waals surface area contributed by atoms with E-state index in [0.29, 0.717) is 31.7 Å². The molecule has 0 bridgehead atoms. The number of carbonyl (C=O) groups is 1. The lowest BCUT2D eigenvalue weighted by molar-refractivity contribution is -0.116. The first-order chi connectivity index (χ1) is 12.9. The van der Waals surface area contributed by atoms with E-state index in [4.69, 9.17) is 0 Å².